The molecule has 5 rings (SSSR count). The summed E-state index contributed by atoms with van der Waals surface area (Å²) >= 11 is 0. The lowest BCUT2D eigenvalue weighted by Gasteiger charge is -2.20. The van der Waals surface area contributed by atoms with Gasteiger partial charge in [-0.1, -0.05) is 30.3 Å². The lowest BCUT2D eigenvalue weighted by atomic mass is 10.1. The molecule has 0 radical (unpaired) electrons. The van der Waals surface area contributed by atoms with E-state index in [1.165, 1.54) is 0 Å². The molecule has 8 heteroatoms. The van der Waals surface area contributed by atoms with Crippen molar-refractivity contribution >= 4 is 22.6 Å². The number of aliphatic hydroxyl groups is 1. The molecule has 3 heterocycles. The summed E-state index contributed by atoms with van der Waals surface area (Å²) in [4.78, 5) is 21.4. The van der Waals surface area contributed by atoms with Crippen molar-refractivity contribution in [1.82, 2.24) is 14.5 Å². The molecule has 0 saturated heterocycles. The number of nitrogens with zero attached hydrogens (tertiary/aromatic N) is 3. The second-order valence-electron chi connectivity index (χ2n) is 7.72. The Bertz CT molecular complexity index is 1310. The maximum Gasteiger partial charge on any atom is 0.249 e. The Hall–Kier alpha value is -3.75. The highest BCUT2D eigenvalue weighted by molar-refractivity contribution is 6.06. The Morgan fingerprint density at radius 2 is 2.00 bits per heavy atom. The molecule has 2 aromatic heterocycles. The lowest BCUT2D eigenvalue weighted by molar-refractivity contribution is 0.100. The average molecular weight is 429 g/mol. The fourth-order valence-electron chi connectivity index (χ4n) is 4.05. The van der Waals surface area contributed by atoms with Crippen LogP contribution in [0.5, 0.6) is 0 Å². The third-order valence-electron chi connectivity index (χ3n) is 5.66. The number of hydrogen-bond acceptors (Lipinski definition) is 6. The van der Waals surface area contributed by atoms with E-state index in [9.17, 15) is 9.90 Å². The molecule has 1 amide bonds. The van der Waals surface area contributed by atoms with Gasteiger partial charge in [0.15, 0.2) is 0 Å². The molecule has 162 valence electrons. The Morgan fingerprint density at radius 1 is 1.16 bits per heavy atom. The van der Waals surface area contributed by atoms with Crippen molar-refractivity contribution in [3.05, 3.63) is 82.7 Å². The van der Waals surface area contributed by atoms with E-state index < -0.39 is 5.91 Å². The molecule has 8 nitrogen and oxygen atoms in total. The number of aromatic nitrogens is 3. The van der Waals surface area contributed by atoms with Crippen LogP contribution < -0.4 is 11.1 Å². The smallest absolute Gasteiger partial charge is 0.249 e. The fourth-order valence-corrected chi connectivity index (χ4v) is 4.05. The molecular formula is C24H23N5O3. The Morgan fingerprint density at radius 3 is 2.84 bits per heavy atom. The van der Waals surface area contributed by atoms with Crippen molar-refractivity contribution in [1.29, 1.82) is 0 Å². The van der Waals surface area contributed by atoms with E-state index in [0.29, 0.717) is 43.5 Å². The molecule has 0 saturated carbocycles. The van der Waals surface area contributed by atoms with Gasteiger partial charge in [-0.15, -0.1) is 0 Å². The zero-order chi connectivity index (χ0) is 22.1. The summed E-state index contributed by atoms with van der Waals surface area (Å²) in [6.45, 7) is 1.62. The van der Waals surface area contributed by atoms with Crippen LogP contribution in [0.25, 0.3) is 16.9 Å². The van der Waals surface area contributed by atoms with Gasteiger partial charge in [-0.25, -0.2) is 4.98 Å². The highest BCUT2D eigenvalue weighted by Gasteiger charge is 2.20. The summed E-state index contributed by atoms with van der Waals surface area (Å²) in [5.41, 5.74) is 10.6. The summed E-state index contributed by atoms with van der Waals surface area (Å²) in [5.74, 6) is 0.769. The summed E-state index contributed by atoms with van der Waals surface area (Å²) < 4.78 is 7.53. The van der Waals surface area contributed by atoms with Crippen LogP contribution in [0.15, 0.2) is 54.7 Å². The molecule has 0 atom stereocenters. The number of benzene rings is 2. The van der Waals surface area contributed by atoms with Crippen molar-refractivity contribution in [2.24, 2.45) is 5.73 Å². The molecule has 0 aliphatic carbocycles. The van der Waals surface area contributed by atoms with Crippen LogP contribution in [-0.2, 0) is 30.9 Å². The summed E-state index contributed by atoms with van der Waals surface area (Å²) in [6.07, 6.45) is 2.55. The summed E-state index contributed by atoms with van der Waals surface area (Å²) in [5, 5.41) is 13.6. The number of hydrogen-bond donors (Lipinski definition) is 3. The van der Waals surface area contributed by atoms with Crippen LogP contribution >= 0.6 is 0 Å². The van der Waals surface area contributed by atoms with Gasteiger partial charge >= 0.3 is 0 Å². The van der Waals surface area contributed by atoms with Gasteiger partial charge in [0.25, 0.3) is 0 Å². The van der Waals surface area contributed by atoms with E-state index in [-0.39, 0.29) is 6.61 Å². The third-order valence-corrected chi connectivity index (χ3v) is 5.66. The minimum atomic E-state index is -0.468. The number of nitrogens with two attached hydrogens (primary N) is 1. The first-order chi connectivity index (χ1) is 15.6. The highest BCUT2D eigenvalue weighted by atomic mass is 16.5. The van der Waals surface area contributed by atoms with Crippen LogP contribution in [0.4, 0.5) is 5.82 Å². The van der Waals surface area contributed by atoms with Crippen LogP contribution in [0.3, 0.4) is 0 Å². The molecule has 4 N–H and O–H groups in total. The number of fused-ring (bicyclic) bond motifs is 2. The molecule has 2 aromatic carbocycles. The average Bonchev–Trinajstić information content (AvgIpc) is 3.26. The van der Waals surface area contributed by atoms with E-state index >= 15 is 0 Å². The van der Waals surface area contributed by atoms with E-state index in [1.807, 2.05) is 47.2 Å². The van der Waals surface area contributed by atoms with Gasteiger partial charge in [-0.2, -0.15) is 4.98 Å². The maximum atomic E-state index is 11.8. The molecule has 0 fully saturated rings. The SMILES string of the molecule is NC(=O)c1cccc2c1ccn2-c1nc2c(c(NCc3cccc(CO)c3)n1)COCC2. The first-order valence-corrected chi connectivity index (χ1v) is 10.4. The van der Waals surface area contributed by atoms with Gasteiger partial charge in [0, 0.05) is 35.7 Å². The maximum absolute atomic E-state index is 11.8. The van der Waals surface area contributed by atoms with Crippen molar-refractivity contribution in [2.75, 3.05) is 11.9 Å². The van der Waals surface area contributed by atoms with E-state index in [4.69, 9.17) is 20.4 Å². The van der Waals surface area contributed by atoms with Gasteiger partial charge in [0.1, 0.15) is 5.82 Å². The Labute approximate surface area is 184 Å². The predicted molar refractivity (Wildman–Crippen MR) is 120 cm³/mol. The molecule has 0 bridgehead atoms. The van der Waals surface area contributed by atoms with E-state index in [1.54, 1.807) is 12.1 Å². The minimum Gasteiger partial charge on any atom is -0.392 e. The first-order valence-electron chi connectivity index (χ1n) is 10.4. The number of carbonyl (C=O) groups excluding carboxylic acids is 1. The zero-order valence-electron chi connectivity index (χ0n) is 17.4. The van der Waals surface area contributed by atoms with Crippen molar-refractivity contribution in [2.45, 2.75) is 26.2 Å². The number of ether oxygens (including phenoxy) is 1. The third kappa shape index (κ3) is 3.70. The number of aliphatic hydroxyl groups excluding tert-OH is 1. The second kappa shape index (κ2) is 8.41. The number of carbonyl (C=O) groups is 1. The lowest BCUT2D eigenvalue weighted by Crippen LogP contribution is -2.18. The van der Waals surface area contributed by atoms with Gasteiger partial charge in [0.05, 0.1) is 31.0 Å². The van der Waals surface area contributed by atoms with Crippen LogP contribution in [0.1, 0.15) is 32.7 Å². The van der Waals surface area contributed by atoms with Crippen LogP contribution in [0.2, 0.25) is 0 Å². The fraction of sp³-hybridized carbons (Fsp3) is 0.208. The molecular weight excluding hydrogens is 406 g/mol. The van der Waals surface area contributed by atoms with Gasteiger partial charge in [-0.3, -0.25) is 9.36 Å². The van der Waals surface area contributed by atoms with Gasteiger partial charge in [-0.05, 0) is 29.3 Å². The van der Waals surface area contributed by atoms with Gasteiger partial charge in [0.2, 0.25) is 11.9 Å². The number of primary amides is 1. The monoisotopic (exact) mass is 429 g/mol. The standard InChI is InChI=1S/C24H23N5O3/c25-22(31)18-5-2-6-21-17(18)7-9-29(21)24-27-20-8-10-32-14-19(20)23(28-24)26-12-15-3-1-4-16(11-15)13-30/h1-7,9,11,30H,8,10,12-14H2,(H2,25,31)(H,26,27,28). The Balaban J connectivity index is 1.55. The molecule has 1 aliphatic heterocycles. The minimum absolute atomic E-state index is 0.00271. The van der Waals surface area contributed by atoms with E-state index in [2.05, 4.69) is 5.32 Å². The number of nitrogens with one attached hydrogen (secondary N) is 1. The first kappa shape index (κ1) is 20.2. The molecule has 32 heavy (non-hydrogen) atoms. The summed E-state index contributed by atoms with van der Waals surface area (Å²) in [7, 11) is 0. The normalized spacial score (nSPS) is 13.2. The highest BCUT2D eigenvalue weighted by Crippen LogP contribution is 2.27. The number of anilines is 1. The quantitative estimate of drug-likeness (QED) is 0.434. The molecule has 4 aromatic rings. The number of rotatable bonds is 6. The van der Waals surface area contributed by atoms with E-state index in [0.717, 1.165) is 33.3 Å². The van der Waals surface area contributed by atoms with Crippen molar-refractivity contribution in [3.8, 4) is 5.95 Å². The second-order valence-corrected chi connectivity index (χ2v) is 7.72. The predicted octanol–water partition coefficient (Wildman–Crippen LogP) is 2.70. The largest absolute Gasteiger partial charge is 0.392 e. The van der Waals surface area contributed by atoms with Crippen molar-refractivity contribution < 1.29 is 14.6 Å². The van der Waals surface area contributed by atoms with Crippen molar-refractivity contribution in [3.63, 3.8) is 0 Å². The van der Waals surface area contributed by atoms with Crippen LogP contribution in [-0.4, -0.2) is 32.2 Å². The van der Waals surface area contributed by atoms with Crippen LogP contribution in [0, 0.1) is 0 Å². The zero-order valence-corrected chi connectivity index (χ0v) is 17.4. The topological polar surface area (TPSA) is 115 Å². The van der Waals surface area contributed by atoms with Gasteiger partial charge < -0.3 is 20.9 Å². The Kier molecular flexibility index (Phi) is 5.30. The summed E-state index contributed by atoms with van der Waals surface area (Å²) in [6, 6.07) is 15.1. The molecule has 0 spiro atoms. The molecule has 0 unspecified atom stereocenters. The molecule has 1 aliphatic rings. The number of amides is 1.